The van der Waals surface area contributed by atoms with Gasteiger partial charge in [0, 0.05) is 32.0 Å². The van der Waals surface area contributed by atoms with Gasteiger partial charge < -0.3 is 9.15 Å². The van der Waals surface area contributed by atoms with Crippen LogP contribution in [0.1, 0.15) is 21.7 Å². The molecule has 3 aromatic carbocycles. The van der Waals surface area contributed by atoms with Crippen molar-refractivity contribution in [1.29, 1.82) is 0 Å². The number of fused-ring (bicyclic) bond motifs is 1. The number of nitrogens with zero attached hydrogens (tertiary/aromatic N) is 2. The highest BCUT2D eigenvalue weighted by Crippen LogP contribution is 2.25. The van der Waals surface area contributed by atoms with Gasteiger partial charge in [-0.15, -0.1) is 0 Å². The quantitative estimate of drug-likeness (QED) is 0.161. The molecule has 0 fully saturated rings. The molecule has 0 aliphatic heterocycles. The van der Waals surface area contributed by atoms with Crippen LogP contribution in [-0.2, 0) is 6.61 Å². The zero-order valence-electron chi connectivity index (χ0n) is 16.8. The van der Waals surface area contributed by atoms with Crippen LogP contribution in [0.25, 0.3) is 11.0 Å². The normalized spacial score (nSPS) is 11.1. The van der Waals surface area contributed by atoms with E-state index in [0.29, 0.717) is 28.9 Å². The molecule has 0 spiro atoms. The fourth-order valence-electron chi connectivity index (χ4n) is 2.97. The maximum absolute atomic E-state index is 12.4. The molecule has 1 heterocycles. The van der Waals surface area contributed by atoms with Crippen LogP contribution < -0.4 is 10.2 Å². The number of halogens is 2. The molecule has 0 saturated heterocycles. The highest BCUT2D eigenvalue weighted by Gasteiger charge is 2.14. The van der Waals surface area contributed by atoms with Crippen molar-refractivity contribution in [2.45, 2.75) is 6.61 Å². The third kappa shape index (κ3) is 5.65. The predicted octanol–water partition coefficient (Wildman–Crippen LogP) is 6.21. The lowest BCUT2D eigenvalue weighted by Crippen LogP contribution is -2.16. The van der Waals surface area contributed by atoms with Gasteiger partial charge in [-0.25, -0.2) is 5.43 Å². The van der Waals surface area contributed by atoms with Crippen LogP contribution in [0.5, 0.6) is 5.75 Å². The minimum atomic E-state index is -0.586. The Morgan fingerprint density at radius 1 is 1.06 bits per heavy atom. The first-order valence-electron chi connectivity index (χ1n) is 9.57. The van der Waals surface area contributed by atoms with Gasteiger partial charge in [0.2, 0.25) is 0 Å². The van der Waals surface area contributed by atoms with E-state index in [1.807, 2.05) is 36.4 Å². The number of hydrogen-bond acceptors (Lipinski definition) is 6. The first kappa shape index (κ1) is 22.7. The second kappa shape index (κ2) is 9.97. The Labute approximate surface area is 204 Å². The number of carbonyl (C=O) groups excluding carboxylic acids is 1. The van der Waals surface area contributed by atoms with Gasteiger partial charge in [-0.05, 0) is 48.0 Å². The van der Waals surface area contributed by atoms with Crippen LogP contribution in [0.2, 0.25) is 0 Å². The van der Waals surface area contributed by atoms with E-state index in [-0.39, 0.29) is 11.4 Å². The molecule has 0 saturated carbocycles. The molecule has 1 N–H and O–H groups in total. The van der Waals surface area contributed by atoms with Gasteiger partial charge in [0.15, 0.2) is 5.76 Å². The van der Waals surface area contributed by atoms with Crippen molar-refractivity contribution in [3.8, 4) is 5.75 Å². The number of nitrogens with one attached hydrogen (secondary N) is 1. The van der Waals surface area contributed by atoms with Crippen LogP contribution in [0, 0.1) is 10.1 Å². The highest BCUT2D eigenvalue weighted by molar-refractivity contribution is 9.10. The molecule has 0 unspecified atom stereocenters. The van der Waals surface area contributed by atoms with Gasteiger partial charge in [-0.2, -0.15) is 5.10 Å². The lowest BCUT2D eigenvalue weighted by atomic mass is 10.2. The molecular weight excluding hydrogens is 558 g/mol. The van der Waals surface area contributed by atoms with E-state index in [4.69, 9.17) is 9.15 Å². The first-order valence-corrected chi connectivity index (χ1v) is 11.2. The fraction of sp³-hybridized carbons (Fsp3) is 0.0435. The van der Waals surface area contributed by atoms with Crippen LogP contribution >= 0.6 is 31.9 Å². The molecule has 0 aliphatic carbocycles. The summed E-state index contributed by atoms with van der Waals surface area (Å²) in [7, 11) is 0. The SMILES string of the molecule is O=C(N/N=C/c1cc(Br)ccc1OCc1ccc(Br)cc1)c1cc2cc([N+](=O)[O-])ccc2o1. The second-order valence-electron chi connectivity index (χ2n) is 6.89. The summed E-state index contributed by atoms with van der Waals surface area (Å²) >= 11 is 6.83. The number of nitro benzene ring substituents is 1. The summed E-state index contributed by atoms with van der Waals surface area (Å²) < 4.78 is 13.2. The van der Waals surface area contributed by atoms with E-state index in [1.54, 1.807) is 6.07 Å². The Morgan fingerprint density at radius 3 is 2.58 bits per heavy atom. The molecule has 0 aliphatic rings. The molecule has 4 rings (SSSR count). The summed E-state index contributed by atoms with van der Waals surface area (Å²) in [6.07, 6.45) is 1.47. The molecule has 1 aromatic heterocycles. The van der Waals surface area contributed by atoms with Crippen molar-refractivity contribution in [2.24, 2.45) is 5.10 Å². The molecule has 1 amide bonds. The van der Waals surface area contributed by atoms with E-state index >= 15 is 0 Å². The van der Waals surface area contributed by atoms with Crippen molar-refractivity contribution in [2.75, 3.05) is 0 Å². The van der Waals surface area contributed by atoms with E-state index < -0.39 is 10.8 Å². The van der Waals surface area contributed by atoms with Gasteiger partial charge in [-0.3, -0.25) is 14.9 Å². The Balaban J connectivity index is 1.45. The number of hydrazone groups is 1. The lowest BCUT2D eigenvalue weighted by molar-refractivity contribution is -0.384. The summed E-state index contributed by atoms with van der Waals surface area (Å²) in [6.45, 7) is 0.368. The minimum absolute atomic E-state index is 0.0106. The summed E-state index contributed by atoms with van der Waals surface area (Å²) in [5.41, 5.74) is 4.34. The third-order valence-corrected chi connectivity index (χ3v) is 5.61. The van der Waals surface area contributed by atoms with Crippen molar-refractivity contribution in [3.05, 3.63) is 103 Å². The molecule has 4 aromatic rings. The van der Waals surface area contributed by atoms with Crippen LogP contribution in [-0.4, -0.2) is 17.0 Å². The Morgan fingerprint density at radius 2 is 1.82 bits per heavy atom. The average Bonchev–Trinajstić information content (AvgIpc) is 3.23. The maximum atomic E-state index is 12.4. The standard InChI is InChI=1S/C23H15Br2N3O5/c24-17-3-1-14(2-4-17)13-32-20-7-5-18(25)9-16(20)12-26-27-23(29)22-11-15-10-19(28(30)31)6-8-21(15)33-22/h1-12H,13H2,(H,27,29)/b26-12+. The van der Waals surface area contributed by atoms with Crippen molar-refractivity contribution >= 4 is 60.6 Å². The van der Waals surface area contributed by atoms with E-state index in [1.165, 1.54) is 30.5 Å². The number of amides is 1. The van der Waals surface area contributed by atoms with Crippen LogP contribution in [0.3, 0.4) is 0 Å². The number of nitro groups is 1. The molecule has 10 heteroatoms. The van der Waals surface area contributed by atoms with Gasteiger partial charge in [0.05, 0.1) is 11.1 Å². The second-order valence-corrected chi connectivity index (χ2v) is 8.72. The fourth-order valence-corrected chi connectivity index (χ4v) is 3.61. The Kier molecular flexibility index (Phi) is 6.85. The van der Waals surface area contributed by atoms with Gasteiger partial charge in [0.25, 0.3) is 5.69 Å². The average molecular weight is 573 g/mol. The summed E-state index contributed by atoms with van der Waals surface area (Å²) in [5, 5.41) is 15.4. The summed E-state index contributed by atoms with van der Waals surface area (Å²) in [5.74, 6) is -0.00352. The monoisotopic (exact) mass is 571 g/mol. The molecule has 0 atom stereocenters. The topological polar surface area (TPSA) is 107 Å². The third-order valence-electron chi connectivity index (χ3n) is 4.58. The Bertz CT molecular complexity index is 1370. The minimum Gasteiger partial charge on any atom is -0.488 e. The zero-order chi connectivity index (χ0) is 23.4. The number of non-ortho nitro benzene ring substituents is 1. The molecule has 166 valence electrons. The molecular formula is C23H15Br2N3O5. The first-order chi connectivity index (χ1) is 15.9. The molecule has 8 nitrogen and oxygen atoms in total. The number of ether oxygens (including phenoxy) is 1. The van der Waals surface area contributed by atoms with Gasteiger partial charge in [-0.1, -0.05) is 44.0 Å². The van der Waals surface area contributed by atoms with Crippen molar-refractivity contribution in [1.82, 2.24) is 5.43 Å². The van der Waals surface area contributed by atoms with Crippen LogP contribution in [0.15, 0.2) is 85.2 Å². The van der Waals surface area contributed by atoms with E-state index in [2.05, 4.69) is 42.4 Å². The maximum Gasteiger partial charge on any atom is 0.307 e. The number of furan rings is 1. The number of carbonyl (C=O) groups is 1. The molecule has 33 heavy (non-hydrogen) atoms. The van der Waals surface area contributed by atoms with E-state index in [0.717, 1.165) is 14.5 Å². The molecule has 0 radical (unpaired) electrons. The Hall–Kier alpha value is -3.50. The predicted molar refractivity (Wildman–Crippen MR) is 131 cm³/mol. The lowest BCUT2D eigenvalue weighted by Gasteiger charge is -2.10. The number of benzene rings is 3. The van der Waals surface area contributed by atoms with Gasteiger partial charge >= 0.3 is 5.91 Å². The highest BCUT2D eigenvalue weighted by atomic mass is 79.9. The largest absolute Gasteiger partial charge is 0.488 e. The van der Waals surface area contributed by atoms with Crippen molar-refractivity contribution < 1.29 is 18.9 Å². The van der Waals surface area contributed by atoms with E-state index in [9.17, 15) is 14.9 Å². The zero-order valence-corrected chi connectivity index (χ0v) is 20.0. The summed E-state index contributed by atoms with van der Waals surface area (Å²) in [6, 6.07) is 18.8. The number of rotatable bonds is 7. The van der Waals surface area contributed by atoms with Crippen molar-refractivity contribution in [3.63, 3.8) is 0 Å². The smallest absolute Gasteiger partial charge is 0.307 e. The molecule has 0 bridgehead atoms. The number of hydrogen-bond donors (Lipinski definition) is 1. The van der Waals surface area contributed by atoms with Crippen LogP contribution in [0.4, 0.5) is 5.69 Å². The van der Waals surface area contributed by atoms with Gasteiger partial charge in [0.1, 0.15) is 17.9 Å². The summed E-state index contributed by atoms with van der Waals surface area (Å²) in [4.78, 5) is 22.8.